The fraction of sp³-hybridized carbons (Fsp3) is 0. The molecule has 1 rings (SSSR count). The second kappa shape index (κ2) is 3.40. The van der Waals surface area contributed by atoms with E-state index in [1.54, 1.807) is 0 Å². The molecular formula is C6H5BrN2O3. The van der Waals surface area contributed by atoms with Crippen molar-refractivity contribution >= 4 is 27.9 Å². The maximum absolute atomic E-state index is 10.9. The molecule has 0 aliphatic carbocycles. The lowest BCUT2D eigenvalue weighted by Gasteiger charge is -1.94. The van der Waals surface area contributed by atoms with Gasteiger partial charge in [-0.25, -0.2) is 4.79 Å². The van der Waals surface area contributed by atoms with Gasteiger partial charge in [-0.05, 0) is 28.1 Å². The number of urea groups is 1. The average molecular weight is 233 g/mol. The lowest BCUT2D eigenvalue weighted by molar-refractivity contribution is 0.0937. The number of halogens is 1. The molecule has 0 aliphatic rings. The summed E-state index contributed by atoms with van der Waals surface area (Å²) in [5, 5.41) is 1.86. The van der Waals surface area contributed by atoms with Crippen molar-refractivity contribution in [1.29, 1.82) is 0 Å². The third kappa shape index (κ3) is 2.09. The Labute approximate surface area is 76.0 Å². The van der Waals surface area contributed by atoms with Gasteiger partial charge >= 0.3 is 6.03 Å². The topological polar surface area (TPSA) is 85.3 Å². The number of furan rings is 1. The molecule has 6 heteroatoms. The molecule has 0 atom stereocenters. The minimum absolute atomic E-state index is 0.0284. The van der Waals surface area contributed by atoms with E-state index in [4.69, 9.17) is 10.2 Å². The molecule has 3 amide bonds. The van der Waals surface area contributed by atoms with E-state index in [2.05, 4.69) is 15.9 Å². The van der Waals surface area contributed by atoms with Gasteiger partial charge in [-0.15, -0.1) is 0 Å². The van der Waals surface area contributed by atoms with Gasteiger partial charge in [-0.1, -0.05) is 0 Å². The molecular weight excluding hydrogens is 228 g/mol. The molecule has 1 aromatic heterocycles. The summed E-state index contributed by atoms with van der Waals surface area (Å²) in [6.45, 7) is 0. The van der Waals surface area contributed by atoms with Crippen molar-refractivity contribution in [2.45, 2.75) is 0 Å². The van der Waals surface area contributed by atoms with Crippen molar-refractivity contribution in [1.82, 2.24) is 5.32 Å². The van der Waals surface area contributed by atoms with Crippen LogP contribution in [0.4, 0.5) is 4.79 Å². The van der Waals surface area contributed by atoms with E-state index in [0.717, 1.165) is 0 Å². The van der Waals surface area contributed by atoms with E-state index >= 15 is 0 Å². The molecule has 0 radical (unpaired) electrons. The number of nitrogens with one attached hydrogen (secondary N) is 1. The van der Waals surface area contributed by atoms with Gasteiger partial charge in [0.2, 0.25) is 0 Å². The molecule has 1 heterocycles. The van der Waals surface area contributed by atoms with Crippen LogP contribution >= 0.6 is 15.9 Å². The van der Waals surface area contributed by atoms with Crippen molar-refractivity contribution < 1.29 is 14.0 Å². The minimum atomic E-state index is -0.910. The molecule has 0 unspecified atom stereocenters. The number of imide groups is 1. The Hall–Kier alpha value is -1.30. The van der Waals surface area contributed by atoms with E-state index in [1.807, 2.05) is 5.32 Å². The molecule has 12 heavy (non-hydrogen) atoms. The third-order valence-corrected chi connectivity index (χ3v) is 1.46. The van der Waals surface area contributed by atoms with E-state index in [1.165, 1.54) is 12.1 Å². The van der Waals surface area contributed by atoms with Crippen LogP contribution in [0.25, 0.3) is 0 Å². The lowest BCUT2D eigenvalue weighted by atomic mass is 10.4. The summed E-state index contributed by atoms with van der Waals surface area (Å²) in [7, 11) is 0. The average Bonchev–Trinajstić information content (AvgIpc) is 2.34. The molecule has 64 valence electrons. The Morgan fingerprint density at radius 2 is 2.17 bits per heavy atom. The number of hydrogen-bond donors (Lipinski definition) is 2. The Morgan fingerprint density at radius 3 is 2.58 bits per heavy atom. The van der Waals surface area contributed by atoms with Crippen LogP contribution in [-0.4, -0.2) is 11.9 Å². The molecule has 0 aromatic carbocycles. The van der Waals surface area contributed by atoms with Crippen LogP contribution in [0, 0.1) is 0 Å². The molecule has 0 saturated carbocycles. The number of amides is 3. The van der Waals surface area contributed by atoms with Gasteiger partial charge in [0.05, 0.1) is 0 Å². The summed E-state index contributed by atoms with van der Waals surface area (Å²) in [6.07, 6.45) is 0. The summed E-state index contributed by atoms with van der Waals surface area (Å²) < 4.78 is 5.26. The van der Waals surface area contributed by atoms with Crippen molar-refractivity contribution in [3.63, 3.8) is 0 Å². The largest absolute Gasteiger partial charge is 0.444 e. The SMILES string of the molecule is NC(=O)NC(=O)c1ccc(Br)o1. The zero-order valence-corrected chi connectivity index (χ0v) is 7.42. The molecule has 1 aromatic rings. The van der Waals surface area contributed by atoms with Gasteiger partial charge in [0.25, 0.3) is 5.91 Å². The summed E-state index contributed by atoms with van der Waals surface area (Å²) in [5.74, 6) is -0.631. The summed E-state index contributed by atoms with van der Waals surface area (Å²) in [6, 6.07) is 2.05. The number of carbonyl (C=O) groups is 2. The van der Waals surface area contributed by atoms with Crippen molar-refractivity contribution in [3.8, 4) is 0 Å². The highest BCUT2D eigenvalue weighted by Gasteiger charge is 2.11. The zero-order valence-electron chi connectivity index (χ0n) is 5.83. The van der Waals surface area contributed by atoms with Crippen molar-refractivity contribution in [2.24, 2.45) is 5.73 Å². The first-order valence-corrected chi connectivity index (χ1v) is 3.75. The summed E-state index contributed by atoms with van der Waals surface area (Å²) >= 11 is 3.00. The standard InChI is InChI=1S/C6H5BrN2O3/c7-4-2-1-3(12-4)5(10)9-6(8)11/h1-2H,(H3,8,9,10,11). The minimum Gasteiger partial charge on any atom is -0.444 e. The van der Waals surface area contributed by atoms with Crippen LogP contribution in [0.1, 0.15) is 10.6 Å². The zero-order chi connectivity index (χ0) is 9.14. The molecule has 0 spiro atoms. The number of carbonyl (C=O) groups excluding carboxylic acids is 2. The highest BCUT2D eigenvalue weighted by molar-refractivity contribution is 9.10. The molecule has 0 saturated heterocycles. The Balaban J connectivity index is 2.72. The first kappa shape index (κ1) is 8.79. The van der Waals surface area contributed by atoms with Gasteiger partial charge in [0.1, 0.15) is 0 Å². The first-order chi connectivity index (χ1) is 5.59. The van der Waals surface area contributed by atoms with E-state index < -0.39 is 11.9 Å². The quantitative estimate of drug-likeness (QED) is 0.753. The summed E-state index contributed by atoms with van der Waals surface area (Å²) in [4.78, 5) is 21.2. The fourth-order valence-corrected chi connectivity index (χ4v) is 0.916. The molecule has 0 bridgehead atoms. The van der Waals surface area contributed by atoms with Gasteiger partial charge in [-0.2, -0.15) is 0 Å². The maximum Gasteiger partial charge on any atom is 0.319 e. The van der Waals surface area contributed by atoms with E-state index in [-0.39, 0.29) is 5.76 Å². The second-order valence-corrected chi connectivity index (χ2v) is 2.70. The van der Waals surface area contributed by atoms with Gasteiger partial charge < -0.3 is 10.2 Å². The lowest BCUT2D eigenvalue weighted by Crippen LogP contribution is -2.34. The van der Waals surface area contributed by atoms with Crippen LogP contribution in [0.5, 0.6) is 0 Å². The highest BCUT2D eigenvalue weighted by atomic mass is 79.9. The highest BCUT2D eigenvalue weighted by Crippen LogP contribution is 2.13. The first-order valence-electron chi connectivity index (χ1n) is 2.95. The number of rotatable bonds is 1. The summed E-state index contributed by atoms with van der Waals surface area (Å²) in [5.41, 5.74) is 4.71. The van der Waals surface area contributed by atoms with Gasteiger partial charge in [-0.3, -0.25) is 10.1 Å². The Bertz CT molecular complexity index is 320. The van der Waals surface area contributed by atoms with Crippen LogP contribution in [0.15, 0.2) is 21.2 Å². The Kier molecular flexibility index (Phi) is 2.49. The monoisotopic (exact) mass is 232 g/mol. The van der Waals surface area contributed by atoms with Crippen molar-refractivity contribution in [3.05, 3.63) is 22.6 Å². The number of hydrogen-bond acceptors (Lipinski definition) is 3. The molecule has 5 nitrogen and oxygen atoms in total. The number of primary amides is 1. The molecule has 3 N–H and O–H groups in total. The van der Waals surface area contributed by atoms with Crippen LogP contribution < -0.4 is 11.1 Å². The van der Waals surface area contributed by atoms with Crippen LogP contribution in [-0.2, 0) is 0 Å². The van der Waals surface area contributed by atoms with Crippen LogP contribution in [0.3, 0.4) is 0 Å². The van der Waals surface area contributed by atoms with Gasteiger partial charge in [0.15, 0.2) is 10.4 Å². The van der Waals surface area contributed by atoms with Crippen molar-refractivity contribution in [2.75, 3.05) is 0 Å². The maximum atomic E-state index is 10.9. The van der Waals surface area contributed by atoms with Crippen LogP contribution in [0.2, 0.25) is 0 Å². The van der Waals surface area contributed by atoms with E-state index in [0.29, 0.717) is 4.67 Å². The van der Waals surface area contributed by atoms with Gasteiger partial charge in [0, 0.05) is 0 Å². The van der Waals surface area contributed by atoms with E-state index in [9.17, 15) is 9.59 Å². The Morgan fingerprint density at radius 1 is 1.50 bits per heavy atom. The normalized spacial score (nSPS) is 9.42. The molecule has 0 aliphatic heterocycles. The predicted molar refractivity (Wildman–Crippen MR) is 43.5 cm³/mol. The smallest absolute Gasteiger partial charge is 0.319 e. The molecule has 0 fully saturated rings. The predicted octanol–water partition coefficient (Wildman–Crippen LogP) is 0.851. The third-order valence-electron chi connectivity index (χ3n) is 1.03. The fourth-order valence-electron chi connectivity index (χ4n) is 0.610. The second-order valence-electron chi connectivity index (χ2n) is 1.92. The number of nitrogens with two attached hydrogens (primary N) is 1.